The molecule has 0 saturated heterocycles. The minimum atomic E-state index is 0.282. The number of aliphatic hydroxyl groups is 1. The number of imidazole rings is 1. The van der Waals surface area contributed by atoms with E-state index in [9.17, 15) is 0 Å². The highest BCUT2D eigenvalue weighted by molar-refractivity contribution is 4.96. The number of rotatable bonds is 7. The maximum atomic E-state index is 8.90. The Balaban J connectivity index is 2.21. The van der Waals surface area contributed by atoms with E-state index < -0.39 is 0 Å². The molecule has 2 unspecified atom stereocenters. The molecule has 92 valence electrons. The van der Waals surface area contributed by atoms with Crippen molar-refractivity contribution in [2.24, 2.45) is 13.0 Å². The molecule has 0 spiro atoms. The van der Waals surface area contributed by atoms with Gasteiger partial charge in [-0.2, -0.15) is 0 Å². The van der Waals surface area contributed by atoms with Crippen molar-refractivity contribution < 1.29 is 5.11 Å². The zero-order valence-electron chi connectivity index (χ0n) is 10.5. The largest absolute Gasteiger partial charge is 0.396 e. The highest BCUT2D eigenvalue weighted by Crippen LogP contribution is 2.09. The Morgan fingerprint density at radius 3 is 2.81 bits per heavy atom. The topological polar surface area (TPSA) is 50.1 Å². The molecular formula is C12H23N3O. The Morgan fingerprint density at radius 2 is 2.25 bits per heavy atom. The lowest BCUT2D eigenvalue weighted by Gasteiger charge is -2.14. The molecule has 0 bridgehead atoms. The van der Waals surface area contributed by atoms with Crippen LogP contribution in [0.3, 0.4) is 0 Å². The number of hydrogen-bond donors (Lipinski definition) is 2. The smallest absolute Gasteiger partial charge is 0.125 e. The summed E-state index contributed by atoms with van der Waals surface area (Å²) < 4.78 is 2.04. The SMILES string of the molecule is CC(CO)CCCNC(C)c1nccn1C. The summed E-state index contributed by atoms with van der Waals surface area (Å²) in [7, 11) is 2.01. The maximum Gasteiger partial charge on any atom is 0.125 e. The van der Waals surface area contributed by atoms with Crippen molar-refractivity contribution >= 4 is 0 Å². The monoisotopic (exact) mass is 225 g/mol. The highest BCUT2D eigenvalue weighted by atomic mass is 16.3. The van der Waals surface area contributed by atoms with E-state index in [4.69, 9.17) is 5.11 Å². The van der Waals surface area contributed by atoms with Crippen LogP contribution in [-0.4, -0.2) is 27.8 Å². The molecule has 2 N–H and O–H groups in total. The van der Waals surface area contributed by atoms with Crippen LogP contribution in [0, 0.1) is 5.92 Å². The molecular weight excluding hydrogens is 202 g/mol. The Morgan fingerprint density at radius 1 is 1.50 bits per heavy atom. The molecule has 1 aromatic heterocycles. The molecule has 0 saturated carbocycles. The fourth-order valence-electron chi connectivity index (χ4n) is 1.75. The first-order valence-electron chi connectivity index (χ1n) is 5.96. The molecule has 0 amide bonds. The van der Waals surface area contributed by atoms with E-state index in [1.165, 1.54) is 0 Å². The number of aromatic nitrogens is 2. The molecule has 16 heavy (non-hydrogen) atoms. The van der Waals surface area contributed by atoms with Gasteiger partial charge in [-0.25, -0.2) is 4.98 Å². The standard InChI is InChI=1S/C12H23N3O/c1-10(9-16)5-4-6-13-11(2)12-14-7-8-15(12)3/h7-8,10-11,13,16H,4-6,9H2,1-3H3. The quantitative estimate of drug-likeness (QED) is 0.691. The summed E-state index contributed by atoms with van der Waals surface area (Å²) in [4.78, 5) is 4.31. The van der Waals surface area contributed by atoms with Crippen LogP contribution >= 0.6 is 0 Å². The van der Waals surface area contributed by atoms with Crippen LogP contribution in [0.1, 0.15) is 38.6 Å². The van der Waals surface area contributed by atoms with Crippen molar-refractivity contribution in [2.75, 3.05) is 13.2 Å². The van der Waals surface area contributed by atoms with Gasteiger partial charge in [0.1, 0.15) is 5.82 Å². The molecule has 1 heterocycles. The van der Waals surface area contributed by atoms with Crippen LogP contribution in [0.2, 0.25) is 0 Å². The van der Waals surface area contributed by atoms with E-state index in [1.54, 1.807) is 0 Å². The zero-order valence-corrected chi connectivity index (χ0v) is 10.5. The summed E-state index contributed by atoms with van der Waals surface area (Å²) >= 11 is 0. The lowest BCUT2D eigenvalue weighted by molar-refractivity contribution is 0.227. The van der Waals surface area contributed by atoms with Gasteiger partial charge in [0.25, 0.3) is 0 Å². The Bertz CT molecular complexity index is 298. The van der Waals surface area contributed by atoms with Gasteiger partial charge in [0.05, 0.1) is 6.04 Å². The molecule has 1 rings (SSSR count). The van der Waals surface area contributed by atoms with Crippen molar-refractivity contribution in [3.05, 3.63) is 18.2 Å². The fraction of sp³-hybridized carbons (Fsp3) is 0.750. The molecule has 4 nitrogen and oxygen atoms in total. The first-order valence-corrected chi connectivity index (χ1v) is 5.96. The van der Waals surface area contributed by atoms with Gasteiger partial charge < -0.3 is 15.0 Å². The zero-order chi connectivity index (χ0) is 12.0. The second-order valence-corrected chi connectivity index (χ2v) is 4.50. The normalized spacial score (nSPS) is 15.0. The predicted molar refractivity (Wildman–Crippen MR) is 65.1 cm³/mol. The van der Waals surface area contributed by atoms with E-state index in [0.29, 0.717) is 5.92 Å². The van der Waals surface area contributed by atoms with E-state index >= 15 is 0 Å². The Hall–Kier alpha value is -0.870. The van der Waals surface area contributed by atoms with E-state index in [2.05, 4.69) is 24.1 Å². The molecule has 0 radical (unpaired) electrons. The summed E-state index contributed by atoms with van der Waals surface area (Å²) in [5.41, 5.74) is 0. The first kappa shape index (κ1) is 13.2. The van der Waals surface area contributed by atoms with Crippen LogP contribution in [0.5, 0.6) is 0 Å². The molecule has 0 aliphatic heterocycles. The van der Waals surface area contributed by atoms with Crippen LogP contribution in [0.4, 0.5) is 0 Å². The summed E-state index contributed by atoms with van der Waals surface area (Å²) in [6, 6.07) is 0.282. The predicted octanol–water partition coefficient (Wildman–Crippen LogP) is 1.48. The number of nitrogens with one attached hydrogen (secondary N) is 1. The number of aryl methyl sites for hydroxylation is 1. The molecule has 2 atom stereocenters. The summed E-state index contributed by atoms with van der Waals surface area (Å²) in [6.45, 7) is 5.45. The van der Waals surface area contributed by atoms with Gasteiger partial charge in [0.15, 0.2) is 0 Å². The third-order valence-electron chi connectivity index (χ3n) is 2.88. The minimum absolute atomic E-state index is 0.282. The van der Waals surface area contributed by atoms with Crippen molar-refractivity contribution in [1.29, 1.82) is 0 Å². The summed E-state index contributed by atoms with van der Waals surface area (Å²) in [6.07, 6.45) is 5.94. The Kier molecular flexibility index (Phi) is 5.49. The second-order valence-electron chi connectivity index (χ2n) is 4.50. The van der Waals surface area contributed by atoms with Crippen molar-refractivity contribution in [1.82, 2.24) is 14.9 Å². The van der Waals surface area contributed by atoms with Crippen molar-refractivity contribution in [3.63, 3.8) is 0 Å². The molecule has 0 aliphatic carbocycles. The molecule has 0 fully saturated rings. The van der Waals surface area contributed by atoms with Gasteiger partial charge in [-0.1, -0.05) is 6.92 Å². The lowest BCUT2D eigenvalue weighted by Crippen LogP contribution is -2.23. The van der Waals surface area contributed by atoms with E-state index in [0.717, 1.165) is 25.2 Å². The first-order chi connectivity index (χ1) is 7.65. The van der Waals surface area contributed by atoms with E-state index in [1.807, 2.05) is 24.0 Å². The average Bonchev–Trinajstić information content (AvgIpc) is 2.70. The van der Waals surface area contributed by atoms with Gasteiger partial charge >= 0.3 is 0 Å². The summed E-state index contributed by atoms with van der Waals surface area (Å²) in [5.74, 6) is 1.47. The lowest BCUT2D eigenvalue weighted by atomic mass is 10.1. The van der Waals surface area contributed by atoms with Crippen molar-refractivity contribution in [3.8, 4) is 0 Å². The van der Waals surface area contributed by atoms with Gasteiger partial charge in [0, 0.05) is 26.0 Å². The highest BCUT2D eigenvalue weighted by Gasteiger charge is 2.08. The van der Waals surface area contributed by atoms with Crippen LogP contribution < -0.4 is 5.32 Å². The second kappa shape index (κ2) is 6.66. The van der Waals surface area contributed by atoms with Gasteiger partial charge in [-0.05, 0) is 32.2 Å². The molecule has 1 aromatic rings. The van der Waals surface area contributed by atoms with Gasteiger partial charge in [0.2, 0.25) is 0 Å². The third-order valence-corrected chi connectivity index (χ3v) is 2.88. The minimum Gasteiger partial charge on any atom is -0.396 e. The number of nitrogens with zero attached hydrogens (tertiary/aromatic N) is 2. The maximum absolute atomic E-state index is 8.90. The number of hydrogen-bond acceptors (Lipinski definition) is 3. The summed E-state index contributed by atoms with van der Waals surface area (Å²) in [5, 5.41) is 12.3. The fourth-order valence-corrected chi connectivity index (χ4v) is 1.75. The van der Waals surface area contributed by atoms with E-state index in [-0.39, 0.29) is 12.6 Å². The third kappa shape index (κ3) is 3.94. The Labute approximate surface area is 97.7 Å². The average molecular weight is 225 g/mol. The molecule has 4 heteroatoms. The molecule has 0 aliphatic rings. The van der Waals surface area contributed by atoms with Crippen LogP contribution in [0.15, 0.2) is 12.4 Å². The molecule has 0 aromatic carbocycles. The van der Waals surface area contributed by atoms with Gasteiger partial charge in [-0.15, -0.1) is 0 Å². The van der Waals surface area contributed by atoms with Gasteiger partial charge in [-0.3, -0.25) is 0 Å². The van der Waals surface area contributed by atoms with Crippen molar-refractivity contribution in [2.45, 2.75) is 32.7 Å². The van der Waals surface area contributed by atoms with Crippen LogP contribution in [-0.2, 0) is 7.05 Å². The van der Waals surface area contributed by atoms with Crippen LogP contribution in [0.25, 0.3) is 0 Å². The number of aliphatic hydroxyl groups excluding tert-OH is 1.